The lowest BCUT2D eigenvalue weighted by atomic mass is 9.97. The third-order valence-corrected chi connectivity index (χ3v) is 8.54. The molecular formula is C25H34F3N5O4S. The van der Waals surface area contributed by atoms with Crippen molar-refractivity contribution in [3.05, 3.63) is 40.6 Å². The maximum absolute atomic E-state index is 12.6. The maximum atomic E-state index is 12.6. The van der Waals surface area contributed by atoms with Crippen LogP contribution in [0.3, 0.4) is 0 Å². The highest BCUT2D eigenvalue weighted by Crippen LogP contribution is 2.32. The minimum Gasteiger partial charge on any atom is -0.390 e. The zero-order valence-corrected chi connectivity index (χ0v) is 22.6. The van der Waals surface area contributed by atoms with Crippen LogP contribution >= 0.6 is 0 Å². The Morgan fingerprint density at radius 1 is 1.26 bits per heavy atom. The molecule has 2 aliphatic rings. The molecule has 2 aliphatic heterocycles. The number of nitrogens with zero attached hydrogens (tertiary/aromatic N) is 4. The van der Waals surface area contributed by atoms with Crippen LogP contribution in [0.15, 0.2) is 18.2 Å². The van der Waals surface area contributed by atoms with Gasteiger partial charge in [0.25, 0.3) is 0 Å². The van der Waals surface area contributed by atoms with Crippen LogP contribution in [-0.4, -0.2) is 89.2 Å². The zero-order chi connectivity index (χ0) is 27.8. The minimum absolute atomic E-state index is 0.157. The first kappa shape index (κ1) is 28.5. The molecule has 0 radical (unpaired) electrons. The van der Waals surface area contributed by atoms with E-state index in [1.54, 1.807) is 4.68 Å². The molecule has 210 valence electrons. The number of sulfonamides is 1. The van der Waals surface area contributed by atoms with E-state index in [0.29, 0.717) is 31.6 Å². The van der Waals surface area contributed by atoms with Gasteiger partial charge in [-0.05, 0) is 37.0 Å². The van der Waals surface area contributed by atoms with Gasteiger partial charge in [-0.1, -0.05) is 19.1 Å². The average Bonchev–Trinajstić information content (AvgIpc) is 3.42. The highest BCUT2D eigenvalue weighted by molar-refractivity contribution is 7.88. The van der Waals surface area contributed by atoms with Crippen molar-refractivity contribution < 1.29 is 31.5 Å². The van der Waals surface area contributed by atoms with Gasteiger partial charge in [0, 0.05) is 62.0 Å². The lowest BCUT2D eigenvalue weighted by molar-refractivity contribution is -0.174. The first-order chi connectivity index (χ1) is 17.8. The van der Waals surface area contributed by atoms with Crippen molar-refractivity contribution in [2.24, 2.45) is 0 Å². The van der Waals surface area contributed by atoms with E-state index in [0.717, 1.165) is 28.8 Å². The van der Waals surface area contributed by atoms with E-state index >= 15 is 0 Å². The number of fused-ring (bicyclic) bond motifs is 1. The van der Waals surface area contributed by atoms with Crippen LogP contribution in [0.5, 0.6) is 0 Å². The molecule has 0 bridgehead atoms. The highest BCUT2D eigenvalue weighted by Gasteiger charge is 2.40. The number of β-amino-alcohol motifs (C(OH)–C–C–N with tert-alkyl or cyclic N) is 1. The number of likely N-dealkylation sites (tertiary alicyclic amines) is 1. The standard InChI is InChI=1S/C25H34F3N5O4S/c1-4-17-11-18(6-5-16(17)2)23-21-15-32(38(3,36)37)10-8-22(21)33(30-23)14-20(34)13-31-9-7-19(12-31)29-24(35)25(26,27)28/h5-6,11,19-20,34H,4,7-10,12-15H2,1-3H3,(H,29,35). The lowest BCUT2D eigenvalue weighted by Crippen LogP contribution is -2.44. The molecule has 1 saturated heterocycles. The van der Waals surface area contributed by atoms with E-state index < -0.39 is 34.3 Å². The number of hydrogen-bond donors (Lipinski definition) is 2. The number of halogens is 3. The summed E-state index contributed by atoms with van der Waals surface area (Å²) in [6, 6.07) is 5.43. The van der Waals surface area contributed by atoms with E-state index in [4.69, 9.17) is 5.10 Å². The van der Waals surface area contributed by atoms with E-state index in [1.807, 2.05) is 29.3 Å². The summed E-state index contributed by atoms with van der Waals surface area (Å²) in [6.45, 7) is 5.65. The second-order valence-corrected chi connectivity index (χ2v) is 12.1. The van der Waals surface area contributed by atoms with Crippen molar-refractivity contribution in [2.75, 3.05) is 32.4 Å². The summed E-state index contributed by atoms with van der Waals surface area (Å²) in [5, 5.41) is 17.7. The van der Waals surface area contributed by atoms with Gasteiger partial charge >= 0.3 is 12.1 Å². The van der Waals surface area contributed by atoms with E-state index in [1.165, 1.54) is 16.1 Å². The minimum atomic E-state index is -4.92. The maximum Gasteiger partial charge on any atom is 0.471 e. The Bertz CT molecular complexity index is 1290. The molecule has 38 heavy (non-hydrogen) atoms. The van der Waals surface area contributed by atoms with Gasteiger partial charge in [-0.2, -0.15) is 22.6 Å². The summed E-state index contributed by atoms with van der Waals surface area (Å²) in [6.07, 6.45) is -2.94. The van der Waals surface area contributed by atoms with Crippen molar-refractivity contribution in [3.63, 3.8) is 0 Å². The Kier molecular flexibility index (Phi) is 8.22. The zero-order valence-electron chi connectivity index (χ0n) is 21.8. The smallest absolute Gasteiger partial charge is 0.390 e. The molecule has 0 saturated carbocycles. The Morgan fingerprint density at radius 2 is 2.00 bits per heavy atom. The van der Waals surface area contributed by atoms with Crippen LogP contribution in [0.25, 0.3) is 11.3 Å². The largest absolute Gasteiger partial charge is 0.471 e. The van der Waals surface area contributed by atoms with Gasteiger partial charge < -0.3 is 10.4 Å². The van der Waals surface area contributed by atoms with E-state index in [-0.39, 0.29) is 26.2 Å². The van der Waals surface area contributed by atoms with Gasteiger partial charge in [-0.25, -0.2) is 8.42 Å². The predicted molar refractivity (Wildman–Crippen MR) is 136 cm³/mol. The molecule has 9 nitrogen and oxygen atoms in total. The third-order valence-electron chi connectivity index (χ3n) is 7.29. The fourth-order valence-corrected chi connectivity index (χ4v) is 6.06. The van der Waals surface area contributed by atoms with Gasteiger partial charge in [0.15, 0.2) is 0 Å². The van der Waals surface area contributed by atoms with E-state index in [2.05, 4.69) is 13.0 Å². The van der Waals surface area contributed by atoms with Crippen LogP contribution in [0.1, 0.15) is 35.7 Å². The van der Waals surface area contributed by atoms with Gasteiger partial charge in [-0.15, -0.1) is 0 Å². The Hall–Kier alpha value is -2.48. The lowest BCUT2D eigenvalue weighted by Gasteiger charge is -2.26. The SMILES string of the molecule is CCc1cc(-c2nn(CC(O)CN3CCC(NC(=O)C(F)(F)F)C3)c3c2CN(S(C)(=O)=O)CC3)ccc1C. The second kappa shape index (κ2) is 10.9. The molecule has 2 aromatic rings. The average molecular weight is 558 g/mol. The summed E-state index contributed by atoms with van der Waals surface area (Å²) in [5.41, 5.74) is 5.59. The molecule has 1 aromatic carbocycles. The molecule has 2 unspecified atom stereocenters. The number of alkyl halides is 3. The van der Waals surface area contributed by atoms with Crippen LogP contribution in [0.4, 0.5) is 13.2 Å². The number of amides is 1. The van der Waals surface area contributed by atoms with Crippen LogP contribution < -0.4 is 5.32 Å². The number of aliphatic hydroxyl groups is 1. The van der Waals surface area contributed by atoms with Gasteiger partial charge in [0.1, 0.15) is 0 Å². The predicted octanol–water partition coefficient (Wildman–Crippen LogP) is 1.85. The van der Waals surface area contributed by atoms with Crippen molar-refractivity contribution in [1.29, 1.82) is 0 Å². The Labute approximate surface area is 220 Å². The normalized spacial score (nSPS) is 19.9. The summed E-state index contributed by atoms with van der Waals surface area (Å²) in [5.74, 6) is -1.95. The molecule has 1 amide bonds. The molecule has 0 spiro atoms. The summed E-state index contributed by atoms with van der Waals surface area (Å²) in [7, 11) is -3.40. The van der Waals surface area contributed by atoms with Crippen LogP contribution in [0.2, 0.25) is 0 Å². The molecule has 3 heterocycles. The number of aryl methyl sites for hydroxylation is 2. The number of nitrogens with one attached hydrogen (secondary N) is 1. The molecule has 4 rings (SSSR count). The first-order valence-corrected chi connectivity index (χ1v) is 14.5. The molecule has 13 heteroatoms. The van der Waals surface area contributed by atoms with Gasteiger partial charge in [0.2, 0.25) is 10.0 Å². The van der Waals surface area contributed by atoms with Crippen LogP contribution in [0, 0.1) is 6.92 Å². The quantitative estimate of drug-likeness (QED) is 0.513. The number of rotatable bonds is 8. The summed E-state index contributed by atoms with van der Waals surface area (Å²) in [4.78, 5) is 13.1. The molecule has 2 N–H and O–H groups in total. The summed E-state index contributed by atoms with van der Waals surface area (Å²) < 4.78 is 65.4. The van der Waals surface area contributed by atoms with Crippen LogP contribution in [-0.2, 0) is 40.7 Å². The van der Waals surface area contributed by atoms with Gasteiger partial charge in [-0.3, -0.25) is 14.4 Å². The Balaban J connectivity index is 1.52. The highest BCUT2D eigenvalue weighted by atomic mass is 32.2. The van der Waals surface area contributed by atoms with E-state index in [9.17, 15) is 31.5 Å². The number of carbonyl (C=O) groups is 1. The topological polar surface area (TPSA) is 108 Å². The first-order valence-electron chi connectivity index (χ1n) is 12.7. The number of hydrogen-bond acceptors (Lipinski definition) is 6. The van der Waals surface area contributed by atoms with Crippen molar-refractivity contribution in [2.45, 2.75) is 64.5 Å². The Morgan fingerprint density at radius 3 is 2.66 bits per heavy atom. The fourth-order valence-electron chi connectivity index (χ4n) is 5.27. The summed E-state index contributed by atoms with van der Waals surface area (Å²) >= 11 is 0. The number of benzene rings is 1. The number of aliphatic hydroxyl groups excluding tert-OH is 1. The number of aromatic nitrogens is 2. The molecule has 1 aromatic heterocycles. The third kappa shape index (κ3) is 6.38. The molecule has 0 aliphatic carbocycles. The molecule has 2 atom stereocenters. The van der Waals surface area contributed by atoms with Crippen molar-refractivity contribution in [3.8, 4) is 11.3 Å². The molecular weight excluding hydrogens is 523 g/mol. The fraction of sp³-hybridized carbons (Fsp3) is 0.600. The molecule has 1 fully saturated rings. The van der Waals surface area contributed by atoms with Gasteiger partial charge in [0.05, 0.1) is 24.6 Å². The van der Waals surface area contributed by atoms with Crippen molar-refractivity contribution >= 4 is 15.9 Å². The van der Waals surface area contributed by atoms with Crippen molar-refractivity contribution in [1.82, 2.24) is 24.3 Å². The monoisotopic (exact) mass is 557 g/mol. The number of carbonyl (C=O) groups excluding carboxylic acids is 1. The second-order valence-electron chi connectivity index (χ2n) is 10.2.